The van der Waals surface area contributed by atoms with Gasteiger partial charge in [-0.15, -0.1) is 0 Å². The van der Waals surface area contributed by atoms with E-state index < -0.39 is 33.8 Å². The Hall–Kier alpha value is 0.218. The van der Waals surface area contributed by atoms with Gasteiger partial charge in [0.2, 0.25) is 0 Å². The molecule has 0 radical (unpaired) electrons. The first kappa shape index (κ1) is 25.2. The maximum Gasteiger partial charge on any atom is 0.469 e. The lowest BCUT2D eigenvalue weighted by Crippen LogP contribution is -2.60. The minimum absolute atomic E-state index is 0.100. The molecule has 0 amide bonds. The Morgan fingerprint density at radius 2 is 1.12 bits per heavy atom. The van der Waals surface area contributed by atoms with E-state index in [-0.39, 0.29) is 11.9 Å². The maximum absolute atomic E-state index is 11.7. The third-order valence-corrected chi connectivity index (χ3v) is 14.8. The molecule has 0 N–H and O–H groups in total. The Bertz CT molecular complexity index is 381. The van der Waals surface area contributed by atoms with Gasteiger partial charge in [0.15, 0.2) is 25.0 Å². The topological polar surface area (TPSA) is 54.0 Å². The Kier molecular flexibility index (Phi) is 9.51. The highest BCUT2D eigenvalue weighted by Crippen LogP contribution is 2.29. The van der Waals surface area contributed by atoms with Crippen molar-refractivity contribution >= 4 is 39.7 Å². The van der Waals surface area contributed by atoms with E-state index in [4.69, 9.17) is 17.1 Å². The molecule has 0 aliphatic rings. The van der Waals surface area contributed by atoms with E-state index in [1.54, 1.807) is 0 Å². The highest BCUT2D eigenvalue weighted by molar-refractivity contribution is 6.90. The molecule has 25 heavy (non-hydrogen) atoms. The van der Waals surface area contributed by atoms with E-state index in [2.05, 4.69) is 58.9 Å². The number of hydrogen-bond donors (Lipinski definition) is 0. The van der Waals surface area contributed by atoms with E-state index in [9.17, 15) is 4.79 Å². The van der Waals surface area contributed by atoms with Gasteiger partial charge in [-0.1, -0.05) is 13.8 Å². The first-order valence-electron chi connectivity index (χ1n) is 9.22. The van der Waals surface area contributed by atoms with Crippen molar-refractivity contribution in [3.05, 3.63) is 0 Å². The Balaban J connectivity index is 5.27. The van der Waals surface area contributed by atoms with Crippen molar-refractivity contribution in [3.63, 3.8) is 0 Å². The summed E-state index contributed by atoms with van der Waals surface area (Å²) in [6, 6.07) is 0.706. The number of hydrogen-bond acceptors (Lipinski definition) is 5. The number of esters is 1. The molecule has 0 aromatic rings. The first-order chi connectivity index (χ1) is 10.9. The highest BCUT2D eigenvalue weighted by Gasteiger charge is 2.49. The second-order valence-corrected chi connectivity index (χ2v) is 26.7. The van der Waals surface area contributed by atoms with Crippen LogP contribution < -0.4 is 0 Å². The van der Waals surface area contributed by atoms with Crippen molar-refractivity contribution in [1.82, 2.24) is 0 Å². The predicted molar refractivity (Wildman–Crippen MR) is 114 cm³/mol. The zero-order valence-electron chi connectivity index (χ0n) is 18.2. The molecule has 0 aliphatic heterocycles. The van der Waals surface area contributed by atoms with Gasteiger partial charge in [0.1, 0.15) is 0 Å². The summed E-state index contributed by atoms with van der Waals surface area (Å²) in [5, 5.41) is 0. The van der Waals surface area contributed by atoms with Crippen LogP contribution in [0.3, 0.4) is 0 Å². The van der Waals surface area contributed by atoms with Crippen LogP contribution >= 0.6 is 0 Å². The molecule has 0 rings (SSSR count). The number of ether oxygens (including phenoxy) is 1. The van der Waals surface area contributed by atoms with Crippen molar-refractivity contribution in [2.45, 2.75) is 85.2 Å². The van der Waals surface area contributed by atoms with Crippen LogP contribution in [0.25, 0.3) is 0 Å². The lowest BCUT2D eigenvalue weighted by Gasteiger charge is -2.42. The van der Waals surface area contributed by atoms with Crippen LogP contribution in [0, 0.1) is 5.92 Å². The molecule has 0 bridgehead atoms. The van der Waals surface area contributed by atoms with Gasteiger partial charge in [0.05, 0.1) is 12.5 Å². The van der Waals surface area contributed by atoms with Gasteiger partial charge in [0.25, 0.3) is 0 Å². The zero-order chi connectivity index (χ0) is 20.1. The van der Waals surface area contributed by atoms with Gasteiger partial charge in [-0.05, 0) is 65.3 Å². The van der Waals surface area contributed by atoms with E-state index in [1.165, 1.54) is 0 Å². The van der Waals surface area contributed by atoms with Crippen molar-refractivity contribution in [2.75, 3.05) is 6.61 Å². The summed E-state index contributed by atoms with van der Waals surface area (Å²) in [5.41, 5.74) is 0. The average molecular weight is 425 g/mol. The van der Waals surface area contributed by atoms with Gasteiger partial charge in [0, 0.05) is 6.04 Å². The number of carbonyl (C=O) groups excluding carboxylic acids is 1. The monoisotopic (exact) mass is 424 g/mol. The van der Waals surface area contributed by atoms with Gasteiger partial charge in [-0.25, -0.2) is 0 Å². The fourth-order valence-electron chi connectivity index (χ4n) is 2.24. The molecule has 0 aromatic carbocycles. The summed E-state index contributed by atoms with van der Waals surface area (Å²) >= 11 is 0. The van der Waals surface area contributed by atoms with Gasteiger partial charge in [-0.3, -0.25) is 4.79 Å². The van der Waals surface area contributed by atoms with E-state index in [0.29, 0.717) is 19.1 Å². The van der Waals surface area contributed by atoms with Crippen LogP contribution in [0.2, 0.25) is 65.0 Å². The molecule has 0 saturated heterocycles. The third-order valence-electron chi connectivity index (χ3n) is 2.73. The lowest BCUT2D eigenvalue weighted by molar-refractivity contribution is -0.147. The van der Waals surface area contributed by atoms with Crippen LogP contribution in [0.1, 0.15) is 20.3 Å². The molecular formula is C16H40O5Si4. The quantitative estimate of drug-likeness (QED) is 0.263. The van der Waals surface area contributed by atoms with E-state index >= 15 is 0 Å². The smallest absolute Gasteiger partial charge is 0.465 e. The third kappa shape index (κ3) is 13.1. The maximum atomic E-state index is 11.7. The fourth-order valence-corrected chi connectivity index (χ4v) is 16.9. The molecule has 0 heterocycles. The summed E-state index contributed by atoms with van der Waals surface area (Å²) < 4.78 is 25.1. The summed E-state index contributed by atoms with van der Waals surface area (Å²) in [4.78, 5) is 11.7. The minimum atomic E-state index is -2.81. The summed E-state index contributed by atoms with van der Waals surface area (Å²) in [6.07, 6.45) is 0.712. The van der Waals surface area contributed by atoms with Gasteiger partial charge in [-0.2, -0.15) is 0 Å². The fraction of sp³-hybridized carbons (Fsp3) is 0.938. The number of carbonyl (C=O) groups is 1. The van der Waals surface area contributed by atoms with Crippen LogP contribution in [0.15, 0.2) is 0 Å². The van der Waals surface area contributed by atoms with Crippen molar-refractivity contribution in [3.8, 4) is 0 Å². The molecule has 0 unspecified atom stereocenters. The normalized spacial score (nSPS) is 14.1. The molecule has 9 heteroatoms. The SMILES string of the molecule is CC(C)C(=O)OCCC[Si](O[Si](C)(C)C)(O[Si](C)(C)C)O[Si](C)(C)C. The molecule has 0 aliphatic carbocycles. The summed E-state index contributed by atoms with van der Waals surface area (Å²) in [5.74, 6) is -0.257. The number of rotatable bonds is 11. The molecule has 0 atom stereocenters. The van der Waals surface area contributed by atoms with Crippen LogP contribution in [0.4, 0.5) is 0 Å². The average Bonchev–Trinajstić information content (AvgIpc) is 2.27. The van der Waals surface area contributed by atoms with Crippen LogP contribution in [-0.2, 0) is 21.9 Å². The molecule has 0 aromatic heterocycles. The van der Waals surface area contributed by atoms with Gasteiger partial charge >= 0.3 is 14.8 Å². The molecule has 0 fully saturated rings. The van der Waals surface area contributed by atoms with E-state index in [0.717, 1.165) is 0 Å². The molecule has 0 spiro atoms. The highest BCUT2D eigenvalue weighted by atomic mass is 28.5. The Morgan fingerprint density at radius 1 is 0.760 bits per heavy atom. The molecule has 5 nitrogen and oxygen atoms in total. The van der Waals surface area contributed by atoms with Crippen molar-refractivity contribution in [2.24, 2.45) is 5.92 Å². The first-order valence-corrected chi connectivity index (χ1v) is 21.4. The summed E-state index contributed by atoms with van der Waals surface area (Å²) in [6.45, 7) is 23.7. The van der Waals surface area contributed by atoms with Crippen LogP contribution in [0.5, 0.6) is 0 Å². The zero-order valence-corrected chi connectivity index (χ0v) is 22.2. The van der Waals surface area contributed by atoms with Crippen molar-refractivity contribution < 1.29 is 21.9 Å². The molecule has 0 saturated carbocycles. The standard InChI is InChI=1S/C16H40O5Si4/c1-15(2)16(17)18-13-12-14-25(19-22(3,4)5,20-23(6,7)8)21-24(9,10)11/h15H,12-14H2,1-11H3. The van der Waals surface area contributed by atoms with E-state index in [1.807, 2.05) is 13.8 Å². The van der Waals surface area contributed by atoms with Crippen LogP contribution in [-0.4, -0.2) is 46.3 Å². The Labute approximate surface area is 159 Å². The minimum Gasteiger partial charge on any atom is -0.465 e. The second kappa shape index (κ2) is 9.42. The molecular weight excluding hydrogens is 385 g/mol. The Morgan fingerprint density at radius 3 is 1.40 bits per heavy atom. The predicted octanol–water partition coefficient (Wildman–Crippen LogP) is 5.07. The second-order valence-electron chi connectivity index (χ2n) is 9.75. The summed E-state index contributed by atoms with van der Waals surface area (Å²) in [7, 11) is -8.34. The van der Waals surface area contributed by atoms with Crippen molar-refractivity contribution in [1.29, 1.82) is 0 Å². The molecule has 150 valence electrons. The van der Waals surface area contributed by atoms with Gasteiger partial charge < -0.3 is 17.1 Å². The largest absolute Gasteiger partial charge is 0.469 e. The lowest BCUT2D eigenvalue weighted by atomic mass is 10.2.